The Morgan fingerprint density at radius 3 is 1.88 bits per heavy atom. The monoisotopic (exact) mass is 120 g/mol. The molecule has 8 heavy (non-hydrogen) atoms. The van der Waals surface area contributed by atoms with Crippen molar-refractivity contribution in [1.29, 1.82) is 0 Å². The lowest BCUT2D eigenvalue weighted by atomic mass is 10.3. The van der Waals surface area contributed by atoms with Gasteiger partial charge in [0.2, 0.25) is 0 Å². The highest BCUT2D eigenvalue weighted by atomic mass is 19.1. The van der Waals surface area contributed by atoms with E-state index in [1.807, 2.05) is 13.8 Å². The molecule has 0 saturated carbocycles. The van der Waals surface area contributed by atoms with Gasteiger partial charge in [-0.1, -0.05) is 13.8 Å². The molecule has 0 N–H and O–H groups in total. The normalized spacial score (nSPS) is 7.00. The van der Waals surface area contributed by atoms with Crippen LogP contribution in [0.1, 0.15) is 27.2 Å². The van der Waals surface area contributed by atoms with Crippen molar-refractivity contribution < 1.29 is 9.18 Å². The van der Waals surface area contributed by atoms with E-state index in [-0.39, 0.29) is 12.2 Å². The lowest BCUT2D eigenvalue weighted by molar-refractivity contribution is -0.117. The fourth-order valence-electron chi connectivity index (χ4n) is 0.133. The second-order valence-electron chi connectivity index (χ2n) is 1.14. The molecule has 0 aromatic heterocycles. The fraction of sp³-hybridized carbons (Fsp3) is 0.833. The molecule has 1 nitrogen and oxygen atoms in total. The summed E-state index contributed by atoms with van der Waals surface area (Å²) in [6.45, 7) is 4.86. The van der Waals surface area contributed by atoms with Crippen LogP contribution in [-0.4, -0.2) is 12.5 Å². The number of hydrogen-bond donors (Lipinski definition) is 0. The van der Waals surface area contributed by atoms with Gasteiger partial charge in [0.05, 0.1) is 6.67 Å². The molecule has 0 fully saturated rings. The van der Waals surface area contributed by atoms with Crippen molar-refractivity contribution in [2.75, 3.05) is 6.67 Å². The van der Waals surface area contributed by atoms with Gasteiger partial charge >= 0.3 is 0 Å². The van der Waals surface area contributed by atoms with E-state index in [9.17, 15) is 9.18 Å². The number of carbonyl (C=O) groups excluding carboxylic acids is 1. The highest BCUT2D eigenvalue weighted by Crippen LogP contribution is 1.78. The first-order chi connectivity index (χ1) is 3.77. The van der Waals surface area contributed by atoms with Crippen molar-refractivity contribution in [2.24, 2.45) is 0 Å². The van der Waals surface area contributed by atoms with Gasteiger partial charge < -0.3 is 0 Å². The van der Waals surface area contributed by atoms with E-state index in [2.05, 4.69) is 0 Å². The molecule has 0 aliphatic carbocycles. The molecule has 0 rings (SSSR count). The van der Waals surface area contributed by atoms with Gasteiger partial charge in [0, 0.05) is 6.42 Å². The summed E-state index contributed by atoms with van der Waals surface area (Å²) < 4.78 is 11.0. The maximum atomic E-state index is 11.0. The molecular formula is C6H13FO. The van der Waals surface area contributed by atoms with Crippen molar-refractivity contribution in [3.63, 3.8) is 0 Å². The highest BCUT2D eigenvalue weighted by molar-refractivity contribution is 5.75. The maximum absolute atomic E-state index is 11.0. The minimum atomic E-state index is -0.519. The van der Waals surface area contributed by atoms with Crippen LogP contribution in [0.5, 0.6) is 0 Å². The Morgan fingerprint density at radius 1 is 1.50 bits per heavy atom. The van der Waals surface area contributed by atoms with Crippen molar-refractivity contribution in [3.05, 3.63) is 0 Å². The molecule has 0 unspecified atom stereocenters. The summed E-state index contributed by atoms with van der Waals surface area (Å²) in [5.74, 6) is -0.0856. The van der Waals surface area contributed by atoms with Crippen LogP contribution >= 0.6 is 0 Å². The summed E-state index contributed by atoms with van der Waals surface area (Å²) in [5.41, 5.74) is 0. The zero-order chi connectivity index (χ0) is 6.99. The van der Waals surface area contributed by atoms with Crippen LogP contribution in [0.15, 0.2) is 0 Å². The minimum Gasteiger partial charge on any atom is -0.300 e. The van der Waals surface area contributed by atoms with E-state index < -0.39 is 6.67 Å². The molecule has 0 radical (unpaired) electrons. The van der Waals surface area contributed by atoms with E-state index >= 15 is 0 Å². The highest BCUT2D eigenvalue weighted by Gasteiger charge is 1.86. The summed E-state index contributed by atoms with van der Waals surface area (Å²) in [6.07, 6.45) is 0.0694. The van der Waals surface area contributed by atoms with Crippen LogP contribution < -0.4 is 0 Å². The van der Waals surface area contributed by atoms with Gasteiger partial charge in [0.15, 0.2) is 0 Å². The van der Waals surface area contributed by atoms with Gasteiger partial charge in [-0.2, -0.15) is 0 Å². The molecule has 0 saturated heterocycles. The van der Waals surface area contributed by atoms with Crippen LogP contribution in [0.3, 0.4) is 0 Å². The summed E-state index contributed by atoms with van der Waals surface area (Å²) in [4.78, 5) is 9.80. The molecule has 0 aliphatic heterocycles. The zero-order valence-electron chi connectivity index (χ0n) is 5.70. The summed E-state index contributed by atoms with van der Waals surface area (Å²) >= 11 is 0. The summed E-state index contributed by atoms with van der Waals surface area (Å²) in [7, 11) is 0. The Bertz CT molecular complexity index is 52.5. The number of alkyl halides is 1. The topological polar surface area (TPSA) is 17.1 Å². The first-order valence-electron chi connectivity index (χ1n) is 2.82. The Kier molecular flexibility index (Phi) is 12.9. The second kappa shape index (κ2) is 9.78. The Labute approximate surface area is 49.9 Å². The van der Waals surface area contributed by atoms with E-state index in [4.69, 9.17) is 0 Å². The van der Waals surface area contributed by atoms with Crippen molar-refractivity contribution >= 4 is 5.78 Å². The molecule has 50 valence electrons. The molecule has 0 spiro atoms. The van der Waals surface area contributed by atoms with Crippen LogP contribution in [0.25, 0.3) is 0 Å². The third-order valence-electron chi connectivity index (χ3n) is 0.447. The van der Waals surface area contributed by atoms with Crippen molar-refractivity contribution in [1.82, 2.24) is 0 Å². The van der Waals surface area contributed by atoms with Crippen LogP contribution in [0, 0.1) is 0 Å². The number of ketones is 1. The average molecular weight is 120 g/mol. The standard InChI is InChI=1S/C4H7FO.C2H6/c1-4(6)2-3-5;1-2/h2-3H2,1H3;1-2H3. The minimum absolute atomic E-state index is 0.0694. The zero-order valence-corrected chi connectivity index (χ0v) is 5.70. The molecule has 0 bridgehead atoms. The van der Waals surface area contributed by atoms with Gasteiger partial charge in [-0.3, -0.25) is 9.18 Å². The van der Waals surface area contributed by atoms with Crippen LogP contribution in [-0.2, 0) is 4.79 Å². The number of Topliss-reactive ketones (excluding diaryl/α,β-unsaturated/α-hetero) is 1. The van der Waals surface area contributed by atoms with E-state index in [1.165, 1.54) is 6.92 Å². The number of rotatable bonds is 2. The van der Waals surface area contributed by atoms with E-state index in [0.29, 0.717) is 0 Å². The predicted molar refractivity (Wildman–Crippen MR) is 32.6 cm³/mol. The second-order valence-corrected chi connectivity index (χ2v) is 1.14. The molecular weight excluding hydrogens is 107 g/mol. The predicted octanol–water partition coefficient (Wildman–Crippen LogP) is 1.96. The van der Waals surface area contributed by atoms with E-state index in [0.717, 1.165) is 0 Å². The lowest BCUT2D eigenvalue weighted by Gasteiger charge is -1.78. The van der Waals surface area contributed by atoms with Crippen LogP contribution in [0.2, 0.25) is 0 Å². The van der Waals surface area contributed by atoms with Gasteiger partial charge in [0.25, 0.3) is 0 Å². The fourth-order valence-corrected chi connectivity index (χ4v) is 0.133. The first-order valence-corrected chi connectivity index (χ1v) is 2.82. The third kappa shape index (κ3) is 17.5. The van der Waals surface area contributed by atoms with Crippen LogP contribution in [0.4, 0.5) is 4.39 Å². The molecule has 0 heterocycles. The Balaban J connectivity index is 0. The van der Waals surface area contributed by atoms with Gasteiger partial charge in [-0.05, 0) is 6.92 Å². The molecule has 0 atom stereocenters. The molecule has 0 aromatic carbocycles. The van der Waals surface area contributed by atoms with Gasteiger partial charge in [0.1, 0.15) is 5.78 Å². The number of halogens is 1. The van der Waals surface area contributed by atoms with Gasteiger partial charge in [-0.25, -0.2) is 0 Å². The largest absolute Gasteiger partial charge is 0.300 e. The van der Waals surface area contributed by atoms with Gasteiger partial charge in [-0.15, -0.1) is 0 Å². The molecule has 2 heteroatoms. The summed E-state index contributed by atoms with van der Waals surface area (Å²) in [6, 6.07) is 0. The molecule has 0 amide bonds. The van der Waals surface area contributed by atoms with Crippen molar-refractivity contribution in [3.8, 4) is 0 Å². The number of hydrogen-bond acceptors (Lipinski definition) is 1. The quantitative estimate of drug-likeness (QED) is 0.544. The number of carbonyl (C=O) groups is 1. The van der Waals surface area contributed by atoms with Crippen molar-refractivity contribution in [2.45, 2.75) is 27.2 Å². The lowest BCUT2D eigenvalue weighted by Crippen LogP contribution is -1.88. The summed E-state index contributed by atoms with van der Waals surface area (Å²) in [5, 5.41) is 0. The van der Waals surface area contributed by atoms with E-state index in [1.54, 1.807) is 0 Å². The maximum Gasteiger partial charge on any atom is 0.132 e. The smallest absolute Gasteiger partial charge is 0.132 e. The Hall–Kier alpha value is -0.400. The average Bonchev–Trinajstić information content (AvgIpc) is 1.72. The molecule has 0 aliphatic rings. The first kappa shape index (κ1) is 10.6. The Morgan fingerprint density at radius 2 is 1.88 bits per heavy atom. The SMILES string of the molecule is CC.CC(=O)CCF. The molecule has 0 aromatic rings. The third-order valence-corrected chi connectivity index (χ3v) is 0.447.